The molecule has 0 saturated heterocycles. The van der Waals surface area contributed by atoms with E-state index in [4.69, 9.17) is 23.2 Å². The maximum absolute atomic E-state index is 5.88. The molecule has 5 heteroatoms. The molecule has 0 spiro atoms. The van der Waals surface area contributed by atoms with Crippen LogP contribution in [0.15, 0.2) is 152 Å². The van der Waals surface area contributed by atoms with E-state index in [-0.39, 0.29) is 24.8 Å². The fourth-order valence-corrected chi connectivity index (χ4v) is 8.61. The van der Waals surface area contributed by atoms with Gasteiger partial charge in [0.15, 0.2) is 0 Å². The predicted molar refractivity (Wildman–Crippen MR) is 238 cm³/mol. The number of hydrogen-bond donors (Lipinski definition) is 0. The number of rotatable bonds is 9. The molecule has 7 aromatic carbocycles. The van der Waals surface area contributed by atoms with Crippen LogP contribution in [0.4, 0.5) is 0 Å². The van der Waals surface area contributed by atoms with E-state index < -0.39 is 0 Å². The van der Waals surface area contributed by atoms with Gasteiger partial charge < -0.3 is 24.8 Å². The van der Waals surface area contributed by atoms with Gasteiger partial charge in [-0.2, -0.15) is 42.0 Å². The van der Waals surface area contributed by atoms with Crippen LogP contribution in [0, 0.1) is 32.8 Å². The number of hydrogen-bond acceptors (Lipinski definition) is 0. The number of aryl methyl sites for hydroxylation is 3. The monoisotopic (exact) mass is 916 g/mol. The molecule has 0 heterocycles. The van der Waals surface area contributed by atoms with Crippen molar-refractivity contribution in [3.05, 3.63) is 218 Å². The van der Waals surface area contributed by atoms with Crippen LogP contribution >= 0.6 is 23.2 Å². The van der Waals surface area contributed by atoms with Crippen LogP contribution in [0.5, 0.6) is 0 Å². The minimum Gasteiger partial charge on any atom is -1.00 e. The van der Waals surface area contributed by atoms with Crippen LogP contribution in [0.1, 0.15) is 69.8 Å². The van der Waals surface area contributed by atoms with Gasteiger partial charge in [0.2, 0.25) is 0 Å². The van der Waals surface area contributed by atoms with E-state index in [2.05, 4.69) is 138 Å². The fraction of sp³-hybridized carbons (Fsp3) is 0.208. The van der Waals surface area contributed by atoms with Gasteiger partial charge in [-0.15, -0.1) is 11.1 Å². The Morgan fingerprint density at radius 2 is 1.19 bits per heavy atom. The Balaban J connectivity index is 0.000000250. The second-order valence-corrected chi connectivity index (χ2v) is 18.0. The van der Waals surface area contributed by atoms with E-state index in [9.17, 15) is 0 Å². The van der Waals surface area contributed by atoms with Gasteiger partial charge in [0.25, 0.3) is 0 Å². The topological polar surface area (TPSA) is 0 Å². The summed E-state index contributed by atoms with van der Waals surface area (Å²) in [5.74, 6) is 1.10. The van der Waals surface area contributed by atoms with Crippen molar-refractivity contribution in [2.45, 2.75) is 66.2 Å². The van der Waals surface area contributed by atoms with Crippen molar-refractivity contribution in [1.82, 2.24) is 0 Å². The second kappa shape index (κ2) is 22.8. The van der Waals surface area contributed by atoms with Gasteiger partial charge in [-0.05, 0) is 73.3 Å². The van der Waals surface area contributed by atoms with Gasteiger partial charge in [0.05, 0.1) is 0 Å². The third-order valence-electron chi connectivity index (χ3n) is 10.5. The zero-order valence-electron chi connectivity index (χ0n) is 33.9. The summed E-state index contributed by atoms with van der Waals surface area (Å²) in [4.78, 5) is 0. The molecular formula is C53H50Cl4Zr-2. The van der Waals surface area contributed by atoms with E-state index in [1.54, 1.807) is 0 Å². The van der Waals surface area contributed by atoms with Gasteiger partial charge in [-0.3, -0.25) is 0 Å². The van der Waals surface area contributed by atoms with Crippen molar-refractivity contribution in [3.63, 3.8) is 0 Å². The predicted octanol–water partition coefficient (Wildman–Crippen LogP) is 8.54. The molecule has 0 aromatic heterocycles. The molecule has 1 aliphatic carbocycles. The standard InChI is InChI=1S/C33H33.C15H12Cl2.C5H5.2ClH.Zr/c1-21(2)31(26-11-6-22(3)7-12-26)18-25-10-15-30-28(17-25)19-29-20-32(24(5)16-33(29)30)27-13-8-23(4)9-14-27;16-14-8-4-12(5-9-14)2-1-3-13-6-10-15(17)11-7-13;1-2-4-5-3-1;;;/h6-16,20-21,31H,18-19H2,1-5H3;4-11H,2-3H2;1-5H;2*1H;/q-1;;-1;;;+2/p-2. The van der Waals surface area contributed by atoms with Crippen molar-refractivity contribution in [1.29, 1.82) is 0 Å². The molecule has 0 N–H and O–H groups in total. The maximum atomic E-state index is 5.88. The number of benzene rings is 6. The molecule has 1 unspecified atom stereocenters. The van der Waals surface area contributed by atoms with Crippen LogP contribution in [0.2, 0.25) is 10.0 Å². The minimum atomic E-state index is 0. The summed E-state index contributed by atoms with van der Waals surface area (Å²) in [7, 11) is 0. The van der Waals surface area contributed by atoms with Gasteiger partial charge in [0.1, 0.15) is 0 Å². The number of fused-ring (bicyclic) bond motifs is 3. The van der Waals surface area contributed by atoms with Crippen LogP contribution in [0.25, 0.3) is 22.3 Å². The first-order chi connectivity index (χ1) is 27.0. The zero-order chi connectivity index (χ0) is 39.6. The maximum Gasteiger partial charge on any atom is -0.172 e. The Bertz CT molecular complexity index is 2260. The van der Waals surface area contributed by atoms with E-state index >= 15 is 0 Å². The Labute approximate surface area is 384 Å². The summed E-state index contributed by atoms with van der Waals surface area (Å²) in [6, 6.07) is 57.4. The normalized spacial score (nSPS) is 11.4. The molecule has 0 fully saturated rings. The van der Waals surface area contributed by atoms with Crippen molar-refractivity contribution < 1.29 is 49.0 Å². The molecule has 0 aliphatic heterocycles. The summed E-state index contributed by atoms with van der Waals surface area (Å²) < 4.78 is 1.52. The molecule has 0 radical (unpaired) electrons. The molecular weight excluding hydrogens is 870 g/mol. The second-order valence-electron chi connectivity index (χ2n) is 15.4. The Kier molecular flexibility index (Phi) is 18.6. The van der Waals surface area contributed by atoms with Crippen LogP contribution in [-0.4, -0.2) is 3.21 Å². The van der Waals surface area contributed by atoms with Crippen molar-refractivity contribution >= 4 is 26.4 Å². The molecule has 296 valence electrons. The van der Waals surface area contributed by atoms with Crippen molar-refractivity contribution in [2.24, 2.45) is 5.92 Å². The van der Waals surface area contributed by atoms with Gasteiger partial charge in [-0.1, -0.05) is 91.2 Å². The van der Waals surface area contributed by atoms with Gasteiger partial charge in [-0.25, -0.2) is 12.1 Å². The van der Waals surface area contributed by atoms with Gasteiger partial charge in [0, 0.05) is 0 Å². The fourth-order valence-electron chi connectivity index (χ4n) is 7.35. The molecule has 0 bridgehead atoms. The molecule has 8 rings (SSSR count). The molecule has 0 saturated carbocycles. The van der Waals surface area contributed by atoms with E-state index in [1.165, 1.54) is 99.8 Å². The zero-order valence-corrected chi connectivity index (χ0v) is 39.4. The largest absolute Gasteiger partial charge is 1.00 e. The average Bonchev–Trinajstić information content (AvgIpc) is 3.89. The molecule has 58 heavy (non-hydrogen) atoms. The van der Waals surface area contributed by atoms with Crippen LogP contribution < -0.4 is 24.8 Å². The summed E-state index contributed by atoms with van der Waals surface area (Å²) in [6.07, 6.45) is 4.07. The Hall–Kier alpha value is -3.42. The molecule has 0 nitrogen and oxygen atoms in total. The summed E-state index contributed by atoms with van der Waals surface area (Å²) in [6.45, 7) is 11.2. The quantitative estimate of drug-likeness (QED) is 0.128. The first kappa shape index (κ1) is 47.3. The first-order valence-electron chi connectivity index (χ1n) is 19.6. The number of halogens is 4. The minimum absolute atomic E-state index is 0. The SMILES string of the molecule is Cc1ccc(-c2cc3c(cc2C)-c2ccc(CC(c4ccc(C)cc4)C(C)C)[c-]c2C3)cc1.Clc1ccc(C[C](=[Zr+2])Cc2ccc(Cl)cc2)cc1.[Cl-].[Cl-].c1cc[cH-]c1. The summed E-state index contributed by atoms with van der Waals surface area (Å²) >= 11 is 13.2. The van der Waals surface area contributed by atoms with E-state index in [1.807, 2.05) is 54.6 Å². The van der Waals surface area contributed by atoms with E-state index in [0.29, 0.717) is 11.8 Å². The smallest absolute Gasteiger partial charge is 0.172 e. The Morgan fingerprint density at radius 1 is 0.655 bits per heavy atom. The third-order valence-corrected chi connectivity index (χ3v) is 11.9. The summed E-state index contributed by atoms with van der Waals surface area (Å²) in [5, 5.41) is 1.59. The molecule has 7 aromatic rings. The molecule has 0 amide bonds. The van der Waals surface area contributed by atoms with Crippen LogP contribution in [-0.2, 0) is 49.9 Å². The van der Waals surface area contributed by atoms with Gasteiger partial charge >= 0.3 is 133 Å². The van der Waals surface area contributed by atoms with E-state index in [0.717, 1.165) is 35.7 Å². The molecule has 1 atom stereocenters. The third kappa shape index (κ3) is 13.3. The molecule has 1 aliphatic rings. The van der Waals surface area contributed by atoms with Crippen LogP contribution in [0.3, 0.4) is 0 Å². The first-order valence-corrected chi connectivity index (χ1v) is 21.5. The van der Waals surface area contributed by atoms with Crippen molar-refractivity contribution in [3.8, 4) is 22.3 Å². The summed E-state index contributed by atoms with van der Waals surface area (Å²) in [5.41, 5.74) is 17.6. The van der Waals surface area contributed by atoms with Crippen molar-refractivity contribution in [2.75, 3.05) is 0 Å². The average molecular weight is 920 g/mol. The Morgan fingerprint density at radius 3 is 1.69 bits per heavy atom.